The van der Waals surface area contributed by atoms with E-state index in [1.54, 1.807) is 31.2 Å². The molecule has 0 bridgehead atoms. The number of fused-ring (bicyclic) bond motifs is 1. The molecule has 4 nitrogen and oxygen atoms in total. The van der Waals surface area contributed by atoms with Crippen molar-refractivity contribution in [3.63, 3.8) is 0 Å². The number of ether oxygens (including phenoxy) is 1. The fourth-order valence-corrected chi connectivity index (χ4v) is 2.51. The van der Waals surface area contributed by atoms with Crippen molar-refractivity contribution in [3.05, 3.63) is 65.4 Å². The third-order valence-corrected chi connectivity index (χ3v) is 3.68. The molecular formula is C18H15F2NO3. The van der Waals surface area contributed by atoms with Gasteiger partial charge in [-0.1, -0.05) is 36.4 Å². The molecule has 0 fully saturated rings. The number of rotatable bonds is 5. The van der Waals surface area contributed by atoms with Crippen molar-refractivity contribution in [3.8, 4) is 5.75 Å². The van der Waals surface area contributed by atoms with Gasteiger partial charge in [-0.2, -0.15) is 8.78 Å². The van der Waals surface area contributed by atoms with Crippen molar-refractivity contribution < 1.29 is 22.7 Å². The van der Waals surface area contributed by atoms with Gasteiger partial charge in [0.05, 0.1) is 0 Å². The third-order valence-electron chi connectivity index (χ3n) is 3.68. The molecule has 0 aliphatic rings. The number of hydrogen-bond acceptors (Lipinski definition) is 3. The summed E-state index contributed by atoms with van der Waals surface area (Å²) in [6.45, 7) is -1.06. The number of hydrogen-bond donors (Lipinski definition) is 1. The van der Waals surface area contributed by atoms with Crippen molar-refractivity contribution in [1.82, 2.24) is 5.32 Å². The molecule has 0 saturated heterocycles. The maximum atomic E-state index is 12.4. The number of amides is 1. The number of carbonyl (C=O) groups excluding carboxylic acids is 1. The molecule has 1 N–H and O–H groups in total. The van der Waals surface area contributed by atoms with Crippen LogP contribution >= 0.6 is 0 Å². The van der Waals surface area contributed by atoms with Crippen LogP contribution in [0.2, 0.25) is 0 Å². The van der Waals surface area contributed by atoms with Gasteiger partial charge < -0.3 is 14.5 Å². The van der Waals surface area contributed by atoms with Crippen molar-refractivity contribution >= 4 is 16.9 Å². The van der Waals surface area contributed by atoms with Gasteiger partial charge in [0, 0.05) is 23.1 Å². The van der Waals surface area contributed by atoms with Crippen LogP contribution in [0.15, 0.2) is 52.9 Å². The van der Waals surface area contributed by atoms with Gasteiger partial charge in [0.2, 0.25) is 0 Å². The molecule has 1 amide bonds. The summed E-state index contributed by atoms with van der Waals surface area (Å²) in [5, 5.41) is 3.54. The second-order valence-corrected chi connectivity index (χ2v) is 5.22. The molecule has 0 spiro atoms. The predicted molar refractivity (Wildman–Crippen MR) is 85.2 cm³/mol. The van der Waals surface area contributed by atoms with Gasteiger partial charge in [-0.05, 0) is 19.1 Å². The van der Waals surface area contributed by atoms with E-state index in [0.717, 1.165) is 10.9 Å². The summed E-state index contributed by atoms with van der Waals surface area (Å²) in [5.74, 6) is -0.159. The summed E-state index contributed by atoms with van der Waals surface area (Å²) in [4.78, 5) is 12.3. The van der Waals surface area contributed by atoms with E-state index in [4.69, 9.17) is 4.42 Å². The van der Waals surface area contributed by atoms with Crippen LogP contribution in [0, 0.1) is 6.92 Å². The first-order valence-corrected chi connectivity index (χ1v) is 7.35. The zero-order chi connectivity index (χ0) is 17.1. The summed E-state index contributed by atoms with van der Waals surface area (Å²) in [6.07, 6.45) is 0. The SMILES string of the molecule is Cc1c(C(=O)NCc2ccccc2OC(F)F)oc2ccccc12. The fraction of sp³-hybridized carbons (Fsp3) is 0.167. The van der Waals surface area contributed by atoms with Crippen LogP contribution in [0.25, 0.3) is 11.0 Å². The molecule has 1 aromatic heterocycles. The Balaban J connectivity index is 1.77. The van der Waals surface area contributed by atoms with E-state index in [-0.39, 0.29) is 18.1 Å². The number of para-hydroxylation sites is 2. The Labute approximate surface area is 137 Å². The number of halogens is 2. The monoisotopic (exact) mass is 331 g/mol. The van der Waals surface area contributed by atoms with E-state index < -0.39 is 12.5 Å². The van der Waals surface area contributed by atoms with Crippen molar-refractivity contribution in [1.29, 1.82) is 0 Å². The van der Waals surface area contributed by atoms with Crippen LogP contribution in [-0.4, -0.2) is 12.5 Å². The second-order valence-electron chi connectivity index (χ2n) is 5.22. The summed E-state index contributed by atoms with van der Waals surface area (Å²) in [7, 11) is 0. The lowest BCUT2D eigenvalue weighted by atomic mass is 10.1. The third kappa shape index (κ3) is 3.22. The van der Waals surface area contributed by atoms with Crippen LogP contribution in [-0.2, 0) is 6.54 Å². The molecule has 1 heterocycles. The van der Waals surface area contributed by atoms with E-state index in [1.165, 1.54) is 6.07 Å². The molecule has 124 valence electrons. The quantitative estimate of drug-likeness (QED) is 0.759. The summed E-state index contributed by atoms with van der Waals surface area (Å²) in [6, 6.07) is 13.7. The minimum Gasteiger partial charge on any atom is -0.451 e. The Hall–Kier alpha value is -2.89. The fourth-order valence-electron chi connectivity index (χ4n) is 2.51. The smallest absolute Gasteiger partial charge is 0.387 e. The first kappa shape index (κ1) is 16.0. The highest BCUT2D eigenvalue weighted by Crippen LogP contribution is 2.25. The number of benzene rings is 2. The topological polar surface area (TPSA) is 51.5 Å². The Kier molecular flexibility index (Phi) is 4.46. The number of alkyl halides is 2. The lowest BCUT2D eigenvalue weighted by Gasteiger charge is -2.11. The molecule has 3 rings (SSSR count). The van der Waals surface area contributed by atoms with E-state index in [9.17, 15) is 13.6 Å². The van der Waals surface area contributed by atoms with E-state index in [0.29, 0.717) is 11.1 Å². The van der Waals surface area contributed by atoms with Gasteiger partial charge in [0.25, 0.3) is 5.91 Å². The number of furan rings is 1. The van der Waals surface area contributed by atoms with Crippen LogP contribution in [0.3, 0.4) is 0 Å². The Bertz CT molecular complexity index is 874. The molecule has 0 atom stereocenters. The Morgan fingerprint density at radius 3 is 2.62 bits per heavy atom. The largest absolute Gasteiger partial charge is 0.451 e. The highest BCUT2D eigenvalue weighted by molar-refractivity contribution is 5.98. The van der Waals surface area contributed by atoms with E-state index >= 15 is 0 Å². The Morgan fingerprint density at radius 1 is 1.17 bits per heavy atom. The molecule has 0 aliphatic heterocycles. The molecular weight excluding hydrogens is 316 g/mol. The normalized spacial score (nSPS) is 11.0. The second kappa shape index (κ2) is 6.70. The molecule has 0 saturated carbocycles. The molecule has 3 aromatic rings. The molecule has 24 heavy (non-hydrogen) atoms. The highest BCUT2D eigenvalue weighted by atomic mass is 19.3. The van der Waals surface area contributed by atoms with Gasteiger partial charge in [0.1, 0.15) is 11.3 Å². The average Bonchev–Trinajstić information content (AvgIpc) is 2.91. The maximum absolute atomic E-state index is 12.4. The van der Waals surface area contributed by atoms with Crippen molar-refractivity contribution in [2.45, 2.75) is 20.1 Å². The van der Waals surface area contributed by atoms with Gasteiger partial charge in [0.15, 0.2) is 5.76 Å². The van der Waals surface area contributed by atoms with Crippen molar-refractivity contribution in [2.75, 3.05) is 0 Å². The van der Waals surface area contributed by atoms with Crippen LogP contribution in [0.4, 0.5) is 8.78 Å². The molecule has 6 heteroatoms. The first-order chi connectivity index (χ1) is 11.6. The lowest BCUT2D eigenvalue weighted by molar-refractivity contribution is -0.0504. The zero-order valence-electron chi connectivity index (χ0n) is 12.9. The first-order valence-electron chi connectivity index (χ1n) is 7.35. The van der Waals surface area contributed by atoms with Gasteiger partial charge in [-0.25, -0.2) is 0 Å². The maximum Gasteiger partial charge on any atom is 0.387 e. The predicted octanol–water partition coefficient (Wildman–Crippen LogP) is 4.27. The number of aryl methyl sites for hydroxylation is 1. The summed E-state index contributed by atoms with van der Waals surface area (Å²) < 4.78 is 34.8. The van der Waals surface area contributed by atoms with Crippen LogP contribution < -0.4 is 10.1 Å². The molecule has 0 unspecified atom stereocenters. The number of nitrogens with one attached hydrogen (secondary N) is 1. The van der Waals surface area contributed by atoms with Crippen LogP contribution in [0.1, 0.15) is 21.7 Å². The standard InChI is InChI=1S/C18H15F2NO3/c1-11-13-7-3-5-9-15(13)23-16(11)17(22)21-10-12-6-2-4-8-14(12)24-18(19)20/h2-9,18H,10H2,1H3,(H,21,22). The van der Waals surface area contributed by atoms with Crippen LogP contribution in [0.5, 0.6) is 5.75 Å². The van der Waals surface area contributed by atoms with Gasteiger partial charge in [-0.3, -0.25) is 4.79 Å². The number of carbonyl (C=O) groups is 1. The zero-order valence-corrected chi connectivity index (χ0v) is 12.9. The molecule has 0 radical (unpaired) electrons. The minimum absolute atomic E-state index is 0.0362. The minimum atomic E-state index is -2.92. The van der Waals surface area contributed by atoms with E-state index in [1.807, 2.05) is 18.2 Å². The highest BCUT2D eigenvalue weighted by Gasteiger charge is 2.18. The average molecular weight is 331 g/mol. The lowest BCUT2D eigenvalue weighted by Crippen LogP contribution is -2.23. The van der Waals surface area contributed by atoms with Gasteiger partial charge in [-0.15, -0.1) is 0 Å². The molecule has 0 aliphatic carbocycles. The van der Waals surface area contributed by atoms with Crippen molar-refractivity contribution in [2.24, 2.45) is 0 Å². The summed E-state index contributed by atoms with van der Waals surface area (Å²) >= 11 is 0. The van der Waals surface area contributed by atoms with Gasteiger partial charge >= 0.3 is 6.61 Å². The molecule has 2 aromatic carbocycles. The summed E-state index contributed by atoms with van der Waals surface area (Å²) in [5.41, 5.74) is 1.82. The van der Waals surface area contributed by atoms with E-state index in [2.05, 4.69) is 10.1 Å². The Morgan fingerprint density at radius 2 is 1.88 bits per heavy atom.